The lowest BCUT2D eigenvalue weighted by molar-refractivity contribution is -0.668. The number of hydrogen-bond acceptors (Lipinski definition) is 1. The monoisotopic (exact) mass is 302 g/mol. The predicted octanol–water partition coefficient (Wildman–Crippen LogP) is 3.93. The standard InChI is InChI=1S/C20H20N3/c1-13-8-7-10-17-16-9-5-6-11-18(16)23(19(13)17)20-21-15(3)14(2)12-22(20)4/h5-12H,1-4H3/q+1. The quantitative estimate of drug-likeness (QED) is 0.488. The van der Waals surface area contributed by atoms with Gasteiger partial charge in [0.25, 0.3) is 0 Å². The molecule has 4 rings (SSSR count). The molecular weight excluding hydrogens is 282 g/mol. The Morgan fingerprint density at radius 3 is 2.43 bits per heavy atom. The van der Waals surface area contributed by atoms with Gasteiger partial charge in [-0.2, -0.15) is 4.57 Å². The molecule has 0 amide bonds. The second-order valence-corrected chi connectivity index (χ2v) is 6.24. The molecule has 0 fully saturated rings. The van der Waals surface area contributed by atoms with Gasteiger partial charge in [-0.05, 0) is 32.4 Å². The topological polar surface area (TPSA) is 21.7 Å². The van der Waals surface area contributed by atoms with E-state index < -0.39 is 0 Å². The molecule has 0 aliphatic rings. The van der Waals surface area contributed by atoms with Crippen molar-refractivity contribution in [2.24, 2.45) is 7.05 Å². The second-order valence-electron chi connectivity index (χ2n) is 6.24. The van der Waals surface area contributed by atoms with Crippen molar-refractivity contribution in [2.75, 3.05) is 0 Å². The molecule has 4 aromatic rings. The third kappa shape index (κ3) is 1.96. The molecule has 0 spiro atoms. The van der Waals surface area contributed by atoms with Crippen LogP contribution in [0.25, 0.3) is 27.8 Å². The highest BCUT2D eigenvalue weighted by Crippen LogP contribution is 2.32. The van der Waals surface area contributed by atoms with E-state index in [1.165, 1.54) is 32.9 Å². The number of aryl methyl sites for hydroxylation is 4. The number of rotatable bonds is 1. The van der Waals surface area contributed by atoms with Gasteiger partial charge >= 0.3 is 5.95 Å². The van der Waals surface area contributed by atoms with Gasteiger partial charge in [-0.25, -0.2) is 4.57 Å². The molecule has 23 heavy (non-hydrogen) atoms. The zero-order valence-corrected chi connectivity index (χ0v) is 14.0. The van der Waals surface area contributed by atoms with Crippen LogP contribution in [0, 0.1) is 20.8 Å². The largest absolute Gasteiger partial charge is 0.404 e. The molecule has 0 N–H and O–H groups in total. The van der Waals surface area contributed by atoms with Crippen LogP contribution >= 0.6 is 0 Å². The van der Waals surface area contributed by atoms with Crippen molar-refractivity contribution in [1.82, 2.24) is 9.55 Å². The van der Waals surface area contributed by atoms with Gasteiger partial charge in [-0.15, -0.1) is 0 Å². The second kappa shape index (κ2) is 4.92. The summed E-state index contributed by atoms with van der Waals surface area (Å²) in [6.45, 7) is 6.33. The fourth-order valence-corrected chi connectivity index (χ4v) is 3.36. The molecule has 0 saturated carbocycles. The first-order valence-corrected chi connectivity index (χ1v) is 7.91. The Morgan fingerprint density at radius 2 is 1.61 bits per heavy atom. The van der Waals surface area contributed by atoms with Gasteiger partial charge in [0.15, 0.2) is 0 Å². The molecule has 0 atom stereocenters. The molecule has 0 saturated heterocycles. The Morgan fingerprint density at radius 1 is 0.870 bits per heavy atom. The van der Waals surface area contributed by atoms with E-state index in [0.717, 1.165) is 11.6 Å². The molecule has 0 bridgehead atoms. The Balaban J connectivity index is 2.24. The lowest BCUT2D eigenvalue weighted by atomic mass is 10.1. The first-order valence-electron chi connectivity index (χ1n) is 7.91. The van der Waals surface area contributed by atoms with Crippen LogP contribution in [0.5, 0.6) is 0 Å². The van der Waals surface area contributed by atoms with Crippen LogP contribution in [0.1, 0.15) is 16.8 Å². The zero-order valence-electron chi connectivity index (χ0n) is 14.0. The van der Waals surface area contributed by atoms with Crippen LogP contribution < -0.4 is 4.57 Å². The average molecular weight is 302 g/mol. The summed E-state index contributed by atoms with van der Waals surface area (Å²) in [5.41, 5.74) is 5.97. The van der Waals surface area contributed by atoms with Crippen molar-refractivity contribution in [3.05, 3.63) is 65.5 Å². The minimum atomic E-state index is 0.952. The summed E-state index contributed by atoms with van der Waals surface area (Å²) in [7, 11) is 2.06. The van der Waals surface area contributed by atoms with Gasteiger partial charge in [0.1, 0.15) is 16.7 Å². The van der Waals surface area contributed by atoms with Crippen LogP contribution in [-0.2, 0) is 7.05 Å². The van der Waals surface area contributed by atoms with Gasteiger partial charge in [0.05, 0.1) is 13.2 Å². The number of fused-ring (bicyclic) bond motifs is 3. The smallest absolute Gasteiger partial charge is 0.237 e. The summed E-state index contributed by atoms with van der Waals surface area (Å²) in [4.78, 5) is 4.88. The van der Waals surface area contributed by atoms with Crippen molar-refractivity contribution in [3.63, 3.8) is 0 Å². The molecule has 2 heterocycles. The molecule has 2 aromatic carbocycles. The van der Waals surface area contributed by atoms with Gasteiger partial charge in [-0.3, -0.25) is 0 Å². The Hall–Kier alpha value is -2.68. The van der Waals surface area contributed by atoms with Crippen molar-refractivity contribution in [2.45, 2.75) is 20.8 Å². The van der Waals surface area contributed by atoms with Crippen LogP contribution in [0.15, 0.2) is 48.7 Å². The average Bonchev–Trinajstić information content (AvgIpc) is 2.87. The highest BCUT2D eigenvalue weighted by molar-refractivity contribution is 6.09. The van der Waals surface area contributed by atoms with Gasteiger partial charge < -0.3 is 0 Å². The van der Waals surface area contributed by atoms with E-state index in [4.69, 9.17) is 4.98 Å². The third-order valence-electron chi connectivity index (χ3n) is 4.64. The van der Waals surface area contributed by atoms with E-state index in [1.54, 1.807) is 0 Å². The fraction of sp³-hybridized carbons (Fsp3) is 0.200. The molecule has 0 unspecified atom stereocenters. The molecule has 0 aliphatic heterocycles. The van der Waals surface area contributed by atoms with E-state index in [2.05, 4.69) is 85.6 Å². The first-order chi connectivity index (χ1) is 11.1. The third-order valence-corrected chi connectivity index (χ3v) is 4.64. The Kier molecular flexibility index (Phi) is 2.98. The van der Waals surface area contributed by atoms with E-state index in [0.29, 0.717) is 0 Å². The number of hydrogen-bond donors (Lipinski definition) is 0. The SMILES string of the molecule is Cc1c[n+](C)c(-n2c3ccccc3c3cccc(C)c32)nc1C. The normalized spacial score (nSPS) is 11.5. The summed E-state index contributed by atoms with van der Waals surface area (Å²) >= 11 is 0. The van der Waals surface area contributed by atoms with Crippen LogP contribution in [0.4, 0.5) is 0 Å². The molecule has 0 aliphatic carbocycles. The van der Waals surface area contributed by atoms with Crippen molar-refractivity contribution >= 4 is 21.8 Å². The lowest BCUT2D eigenvalue weighted by Crippen LogP contribution is -2.36. The van der Waals surface area contributed by atoms with Gasteiger partial charge in [-0.1, -0.05) is 41.4 Å². The van der Waals surface area contributed by atoms with E-state index in [9.17, 15) is 0 Å². The number of para-hydroxylation sites is 2. The molecule has 3 heteroatoms. The lowest BCUT2D eigenvalue weighted by Gasteiger charge is -2.06. The maximum Gasteiger partial charge on any atom is 0.404 e. The van der Waals surface area contributed by atoms with Crippen molar-refractivity contribution in [1.29, 1.82) is 0 Å². The summed E-state index contributed by atoms with van der Waals surface area (Å²) in [6.07, 6.45) is 2.15. The summed E-state index contributed by atoms with van der Waals surface area (Å²) in [5, 5.41) is 2.55. The summed E-state index contributed by atoms with van der Waals surface area (Å²) in [6, 6.07) is 15.0. The Bertz CT molecular complexity index is 1060. The van der Waals surface area contributed by atoms with Gasteiger partial charge in [0, 0.05) is 16.3 Å². The number of benzene rings is 2. The zero-order chi connectivity index (χ0) is 16.1. The molecule has 3 nitrogen and oxygen atoms in total. The van der Waals surface area contributed by atoms with Crippen molar-refractivity contribution in [3.8, 4) is 5.95 Å². The minimum absolute atomic E-state index is 0.952. The number of nitrogens with zero attached hydrogens (tertiary/aromatic N) is 3. The molecule has 2 aromatic heterocycles. The molecule has 0 radical (unpaired) electrons. The minimum Gasteiger partial charge on any atom is -0.237 e. The highest BCUT2D eigenvalue weighted by Gasteiger charge is 2.23. The first kappa shape index (κ1) is 13.9. The Labute approximate surface area is 135 Å². The van der Waals surface area contributed by atoms with E-state index in [1.807, 2.05) is 0 Å². The van der Waals surface area contributed by atoms with Gasteiger partial charge in [0.2, 0.25) is 0 Å². The predicted molar refractivity (Wildman–Crippen MR) is 94.0 cm³/mol. The summed E-state index contributed by atoms with van der Waals surface area (Å²) in [5.74, 6) is 0.952. The van der Waals surface area contributed by atoms with Crippen LogP contribution in [-0.4, -0.2) is 9.55 Å². The molecular formula is C20H20N3+. The van der Waals surface area contributed by atoms with Crippen molar-refractivity contribution < 1.29 is 4.57 Å². The fourth-order valence-electron chi connectivity index (χ4n) is 3.36. The molecule has 114 valence electrons. The maximum absolute atomic E-state index is 4.88. The number of aromatic nitrogens is 3. The highest BCUT2D eigenvalue weighted by atomic mass is 15.2. The van der Waals surface area contributed by atoms with E-state index >= 15 is 0 Å². The maximum atomic E-state index is 4.88. The summed E-state index contributed by atoms with van der Waals surface area (Å²) < 4.78 is 4.40. The van der Waals surface area contributed by atoms with Crippen LogP contribution in [0.3, 0.4) is 0 Å². The van der Waals surface area contributed by atoms with Crippen LogP contribution in [0.2, 0.25) is 0 Å². The van der Waals surface area contributed by atoms with E-state index in [-0.39, 0.29) is 0 Å².